The molecule has 1 unspecified atom stereocenters. The Labute approximate surface area is 283 Å². The van der Waals surface area contributed by atoms with E-state index in [-0.39, 0.29) is 5.70 Å². The van der Waals surface area contributed by atoms with Crippen molar-refractivity contribution in [2.24, 2.45) is 4.99 Å². The quantitative estimate of drug-likeness (QED) is 0.151. The van der Waals surface area contributed by atoms with E-state index < -0.39 is 5.97 Å². The van der Waals surface area contributed by atoms with E-state index in [1.165, 1.54) is 73.5 Å². The Balaban J connectivity index is 0.000000191. The van der Waals surface area contributed by atoms with Gasteiger partial charge in [0.05, 0.1) is 28.4 Å². The van der Waals surface area contributed by atoms with E-state index in [0.29, 0.717) is 23.3 Å². The minimum atomic E-state index is -0.442. The van der Waals surface area contributed by atoms with Gasteiger partial charge in [-0.05, 0) is 109 Å². The first-order chi connectivity index (χ1) is 23.4. The monoisotopic (exact) mass is 650 g/mol. The second-order valence-corrected chi connectivity index (χ2v) is 12.8. The molecule has 1 N–H and O–H groups in total. The van der Waals surface area contributed by atoms with Gasteiger partial charge < -0.3 is 28.7 Å². The highest BCUT2D eigenvalue weighted by molar-refractivity contribution is 6.06. The highest BCUT2D eigenvalue weighted by atomic mass is 16.6. The first kappa shape index (κ1) is 33.2. The number of rotatable bonds is 8. The van der Waals surface area contributed by atoms with Crippen molar-refractivity contribution in [2.45, 2.75) is 76.5 Å². The van der Waals surface area contributed by atoms with Crippen molar-refractivity contribution >= 4 is 28.8 Å². The van der Waals surface area contributed by atoms with Gasteiger partial charge >= 0.3 is 5.97 Å². The summed E-state index contributed by atoms with van der Waals surface area (Å²) in [5, 5.41) is 1.48. The summed E-state index contributed by atoms with van der Waals surface area (Å²) in [5.74, 6) is 4.06. The van der Waals surface area contributed by atoms with Gasteiger partial charge in [-0.25, -0.2) is 9.79 Å². The van der Waals surface area contributed by atoms with Crippen molar-refractivity contribution in [1.82, 2.24) is 4.98 Å². The van der Waals surface area contributed by atoms with Crippen molar-refractivity contribution in [2.75, 3.05) is 28.4 Å². The highest BCUT2D eigenvalue weighted by Crippen LogP contribution is 2.41. The minimum absolute atomic E-state index is 0.278. The molecule has 4 aromatic rings. The van der Waals surface area contributed by atoms with Crippen LogP contribution in [-0.2, 0) is 22.4 Å². The Morgan fingerprint density at radius 1 is 0.812 bits per heavy atom. The number of fused-ring (bicyclic) bond motifs is 3. The molecule has 0 bridgehead atoms. The van der Waals surface area contributed by atoms with Crippen molar-refractivity contribution < 1.29 is 28.5 Å². The lowest BCUT2D eigenvalue weighted by Gasteiger charge is -2.24. The van der Waals surface area contributed by atoms with Gasteiger partial charge in [0.15, 0.2) is 34.6 Å². The van der Waals surface area contributed by atoms with Crippen LogP contribution >= 0.6 is 0 Å². The normalized spacial score (nSPS) is 18.4. The van der Waals surface area contributed by atoms with Gasteiger partial charge in [-0.1, -0.05) is 37.5 Å². The predicted molar refractivity (Wildman–Crippen MR) is 190 cm³/mol. The number of methoxy groups -OCH3 is 4. The lowest BCUT2D eigenvalue weighted by atomic mass is 9.81. The van der Waals surface area contributed by atoms with Crippen molar-refractivity contribution in [3.05, 3.63) is 88.2 Å². The highest BCUT2D eigenvalue weighted by Gasteiger charge is 2.26. The molecule has 0 saturated heterocycles. The first-order valence-corrected chi connectivity index (χ1v) is 17.0. The summed E-state index contributed by atoms with van der Waals surface area (Å²) >= 11 is 0. The van der Waals surface area contributed by atoms with Crippen LogP contribution in [0, 0.1) is 0 Å². The standard InChI is InChI=1S/C27H33NO2.C13H13NO4/c1-29-25-14-11-18(16-26(25)30-2)15-21-9-6-10-22-23-17-20(19-7-4-3-5-8-19)12-13-24(23)28-27(21)22;1-8-14-10(13(15)18-8)6-9-4-5-11(16-2)12(7-9)17-3/h11-14,16-17,19,21,28H,3-10,15H2,1-2H3;4-7H,1-3H3/b;10-6-. The molecular formula is C40H46N2O6. The third kappa shape index (κ3) is 7.23. The second kappa shape index (κ2) is 15.0. The summed E-state index contributed by atoms with van der Waals surface area (Å²) in [7, 11) is 6.53. The molecule has 48 heavy (non-hydrogen) atoms. The number of nitrogens with one attached hydrogen (secondary N) is 1. The largest absolute Gasteiger partial charge is 0.493 e. The van der Waals surface area contributed by atoms with E-state index in [9.17, 15) is 4.79 Å². The van der Waals surface area contributed by atoms with Gasteiger partial charge in [-0.2, -0.15) is 0 Å². The maximum atomic E-state index is 11.4. The van der Waals surface area contributed by atoms with Crippen molar-refractivity contribution in [1.29, 1.82) is 0 Å². The van der Waals surface area contributed by atoms with Crippen molar-refractivity contribution in [3.63, 3.8) is 0 Å². The van der Waals surface area contributed by atoms with Crippen LogP contribution in [0.3, 0.4) is 0 Å². The number of H-pyrrole nitrogens is 1. The smallest absolute Gasteiger partial charge is 0.363 e. The number of hydrogen-bond donors (Lipinski definition) is 1. The molecule has 252 valence electrons. The lowest BCUT2D eigenvalue weighted by Crippen LogP contribution is -2.12. The Bertz CT molecular complexity index is 1830. The fraction of sp³-hybridized carbons (Fsp3) is 0.400. The average Bonchev–Trinajstić information content (AvgIpc) is 3.66. The second-order valence-electron chi connectivity index (χ2n) is 12.8. The number of esters is 1. The molecule has 0 radical (unpaired) electrons. The molecule has 0 spiro atoms. The maximum Gasteiger partial charge on any atom is 0.363 e. The summed E-state index contributed by atoms with van der Waals surface area (Å²) in [6.45, 7) is 1.63. The third-order valence-corrected chi connectivity index (χ3v) is 9.80. The molecule has 3 aromatic carbocycles. The van der Waals surface area contributed by atoms with Crippen molar-refractivity contribution in [3.8, 4) is 23.0 Å². The number of aromatic amines is 1. The van der Waals surface area contributed by atoms with E-state index in [4.69, 9.17) is 23.7 Å². The van der Waals surface area contributed by atoms with Gasteiger partial charge in [0.1, 0.15) is 0 Å². The number of benzene rings is 3. The maximum absolute atomic E-state index is 11.4. The van der Waals surface area contributed by atoms with Crippen LogP contribution in [0.4, 0.5) is 0 Å². The Morgan fingerprint density at radius 2 is 1.52 bits per heavy atom. The van der Waals surface area contributed by atoms with Gasteiger partial charge in [-0.15, -0.1) is 0 Å². The molecule has 1 fully saturated rings. The number of hydrogen-bond acceptors (Lipinski definition) is 7. The predicted octanol–water partition coefficient (Wildman–Crippen LogP) is 8.92. The molecule has 7 rings (SSSR count). The zero-order valence-corrected chi connectivity index (χ0v) is 28.7. The van der Waals surface area contributed by atoms with E-state index in [1.807, 2.05) is 12.1 Å². The minimum Gasteiger partial charge on any atom is -0.493 e. The fourth-order valence-electron chi connectivity index (χ4n) is 7.38. The van der Waals surface area contributed by atoms with Gasteiger partial charge in [0, 0.05) is 29.4 Å². The van der Waals surface area contributed by atoms with Gasteiger partial charge in [0.25, 0.3) is 0 Å². The van der Waals surface area contributed by atoms with E-state index in [1.54, 1.807) is 64.7 Å². The van der Waals surface area contributed by atoms with E-state index in [0.717, 1.165) is 29.4 Å². The number of aromatic nitrogens is 1. The number of nitrogens with zero attached hydrogens (tertiary/aromatic N) is 1. The fourth-order valence-corrected chi connectivity index (χ4v) is 7.38. The van der Waals surface area contributed by atoms with Crippen LogP contribution in [0.15, 0.2) is 65.3 Å². The average molecular weight is 651 g/mol. The van der Waals surface area contributed by atoms with Crippen LogP contribution in [0.5, 0.6) is 23.0 Å². The Morgan fingerprint density at radius 3 is 2.21 bits per heavy atom. The molecule has 8 heteroatoms. The lowest BCUT2D eigenvalue weighted by molar-refractivity contribution is -0.130. The summed E-state index contributed by atoms with van der Waals surface area (Å²) < 4.78 is 26.1. The molecule has 1 atom stereocenters. The number of aryl methyl sites for hydroxylation is 1. The van der Waals surface area contributed by atoms with E-state index >= 15 is 0 Å². The summed E-state index contributed by atoms with van der Waals surface area (Å²) in [5.41, 5.74) is 8.29. The number of cyclic esters (lactones) is 1. The number of carbonyl (C=O) groups excluding carboxylic acids is 1. The Kier molecular flexibility index (Phi) is 10.4. The van der Waals surface area contributed by atoms with Crippen LogP contribution in [0.25, 0.3) is 17.0 Å². The zero-order chi connectivity index (χ0) is 33.6. The molecule has 2 heterocycles. The number of aliphatic imine (C=N–C) groups is 1. The molecule has 3 aliphatic rings. The number of ether oxygens (including phenoxy) is 5. The molecule has 1 saturated carbocycles. The summed E-state index contributed by atoms with van der Waals surface area (Å²) in [6, 6.07) is 18.9. The SMILES string of the molecule is COc1ccc(/C=C2\N=C(C)OC2=O)cc1OC.COc1ccc(CC2CCCc3c2[nH]c2ccc(C4CCCCC4)cc32)cc1OC. The van der Waals surface area contributed by atoms with Crippen LogP contribution in [0.2, 0.25) is 0 Å². The summed E-state index contributed by atoms with van der Waals surface area (Å²) in [4.78, 5) is 19.2. The van der Waals surface area contributed by atoms with Crippen LogP contribution in [0.1, 0.15) is 91.7 Å². The molecular weight excluding hydrogens is 604 g/mol. The third-order valence-electron chi connectivity index (χ3n) is 9.80. The number of carbonyl (C=O) groups is 1. The zero-order valence-electron chi connectivity index (χ0n) is 28.7. The molecule has 0 amide bonds. The van der Waals surface area contributed by atoms with Crippen LogP contribution < -0.4 is 18.9 Å². The van der Waals surface area contributed by atoms with Crippen LogP contribution in [-0.4, -0.2) is 45.3 Å². The summed E-state index contributed by atoms with van der Waals surface area (Å²) in [6.07, 6.45) is 13.3. The van der Waals surface area contributed by atoms with Gasteiger partial charge in [-0.3, -0.25) is 0 Å². The van der Waals surface area contributed by atoms with Gasteiger partial charge in [0.2, 0.25) is 0 Å². The molecule has 2 aliphatic carbocycles. The molecule has 1 aromatic heterocycles. The molecule has 8 nitrogen and oxygen atoms in total. The topological polar surface area (TPSA) is 91.4 Å². The Hall–Kier alpha value is -4.72. The molecule has 1 aliphatic heterocycles. The van der Waals surface area contributed by atoms with E-state index in [2.05, 4.69) is 40.3 Å². The first-order valence-electron chi connectivity index (χ1n) is 17.0.